The zero-order chi connectivity index (χ0) is 13.0. The topological polar surface area (TPSA) is 21.3 Å². The summed E-state index contributed by atoms with van der Waals surface area (Å²) in [6.07, 6.45) is 0. The summed E-state index contributed by atoms with van der Waals surface area (Å²) >= 11 is 6.13. The van der Waals surface area contributed by atoms with Gasteiger partial charge in [0, 0.05) is 12.6 Å². The minimum atomic E-state index is 0.698. The molecule has 0 aliphatic carbocycles. The standard InChI is InChI=1S/C15H16ClNO/c1-11-4-3-5-12(8-11)10-17-15-9-13(18-2)6-7-14(15)16/h3-9,17H,10H2,1-2H3. The normalized spacial score (nSPS) is 10.2. The van der Waals surface area contributed by atoms with Crippen molar-refractivity contribution in [2.24, 2.45) is 0 Å². The highest BCUT2D eigenvalue weighted by Crippen LogP contribution is 2.27. The fraction of sp³-hybridized carbons (Fsp3) is 0.200. The molecule has 0 heterocycles. The lowest BCUT2D eigenvalue weighted by Crippen LogP contribution is -2.00. The van der Waals surface area contributed by atoms with Gasteiger partial charge in [-0.05, 0) is 24.6 Å². The number of aryl methyl sites for hydroxylation is 1. The summed E-state index contributed by atoms with van der Waals surface area (Å²) in [4.78, 5) is 0. The molecule has 2 aromatic rings. The van der Waals surface area contributed by atoms with Gasteiger partial charge in [-0.3, -0.25) is 0 Å². The van der Waals surface area contributed by atoms with E-state index in [1.165, 1.54) is 11.1 Å². The second kappa shape index (κ2) is 5.78. The Balaban J connectivity index is 2.10. The van der Waals surface area contributed by atoms with Gasteiger partial charge in [0.1, 0.15) is 5.75 Å². The van der Waals surface area contributed by atoms with Gasteiger partial charge in [0.25, 0.3) is 0 Å². The first-order valence-corrected chi connectivity index (χ1v) is 6.20. The summed E-state index contributed by atoms with van der Waals surface area (Å²) in [5.41, 5.74) is 3.37. The molecule has 0 spiro atoms. The maximum absolute atomic E-state index is 6.13. The van der Waals surface area contributed by atoms with Crippen LogP contribution in [0.1, 0.15) is 11.1 Å². The summed E-state index contributed by atoms with van der Waals surface area (Å²) in [6, 6.07) is 14.0. The third-order valence-corrected chi connectivity index (χ3v) is 3.07. The molecule has 2 rings (SSSR count). The van der Waals surface area contributed by atoms with Gasteiger partial charge in [-0.2, -0.15) is 0 Å². The lowest BCUT2D eigenvalue weighted by molar-refractivity contribution is 0.415. The number of methoxy groups -OCH3 is 1. The molecule has 1 N–H and O–H groups in total. The van der Waals surface area contributed by atoms with E-state index in [1.807, 2.05) is 18.2 Å². The Kier molecular flexibility index (Phi) is 4.11. The molecule has 2 aromatic carbocycles. The van der Waals surface area contributed by atoms with E-state index in [2.05, 4.69) is 36.5 Å². The molecule has 0 fully saturated rings. The molecule has 94 valence electrons. The Labute approximate surface area is 113 Å². The summed E-state index contributed by atoms with van der Waals surface area (Å²) in [6.45, 7) is 2.83. The molecule has 0 saturated carbocycles. The highest BCUT2D eigenvalue weighted by atomic mass is 35.5. The summed E-state index contributed by atoms with van der Waals surface area (Å²) in [5, 5.41) is 4.02. The number of hydrogen-bond donors (Lipinski definition) is 1. The van der Waals surface area contributed by atoms with Gasteiger partial charge in [-0.1, -0.05) is 41.4 Å². The van der Waals surface area contributed by atoms with Crippen molar-refractivity contribution in [1.82, 2.24) is 0 Å². The Bertz CT molecular complexity index is 540. The summed E-state index contributed by atoms with van der Waals surface area (Å²) in [7, 11) is 1.65. The van der Waals surface area contributed by atoms with Gasteiger partial charge in [-0.25, -0.2) is 0 Å². The van der Waals surface area contributed by atoms with Crippen LogP contribution >= 0.6 is 11.6 Å². The van der Waals surface area contributed by atoms with Gasteiger partial charge < -0.3 is 10.1 Å². The molecule has 0 unspecified atom stereocenters. The first kappa shape index (κ1) is 12.8. The average molecular weight is 262 g/mol. The van der Waals surface area contributed by atoms with Crippen molar-refractivity contribution < 1.29 is 4.74 Å². The van der Waals surface area contributed by atoms with Crippen LogP contribution in [-0.2, 0) is 6.54 Å². The van der Waals surface area contributed by atoms with E-state index in [-0.39, 0.29) is 0 Å². The van der Waals surface area contributed by atoms with E-state index < -0.39 is 0 Å². The van der Waals surface area contributed by atoms with Crippen molar-refractivity contribution in [3.63, 3.8) is 0 Å². The van der Waals surface area contributed by atoms with Crippen LogP contribution in [0.3, 0.4) is 0 Å². The van der Waals surface area contributed by atoms with E-state index >= 15 is 0 Å². The van der Waals surface area contributed by atoms with Crippen molar-refractivity contribution in [3.8, 4) is 5.75 Å². The van der Waals surface area contributed by atoms with E-state index in [4.69, 9.17) is 16.3 Å². The highest BCUT2D eigenvalue weighted by molar-refractivity contribution is 6.33. The number of anilines is 1. The number of ether oxygens (including phenoxy) is 1. The zero-order valence-electron chi connectivity index (χ0n) is 10.5. The number of benzene rings is 2. The first-order valence-electron chi connectivity index (χ1n) is 5.82. The van der Waals surface area contributed by atoms with E-state index in [9.17, 15) is 0 Å². The molecule has 2 nitrogen and oxygen atoms in total. The fourth-order valence-corrected chi connectivity index (χ4v) is 1.97. The SMILES string of the molecule is COc1ccc(Cl)c(NCc2cccc(C)c2)c1. The van der Waals surface area contributed by atoms with Crippen LogP contribution in [-0.4, -0.2) is 7.11 Å². The Hall–Kier alpha value is -1.67. The van der Waals surface area contributed by atoms with Gasteiger partial charge in [0.05, 0.1) is 17.8 Å². The summed E-state index contributed by atoms with van der Waals surface area (Å²) < 4.78 is 5.18. The van der Waals surface area contributed by atoms with E-state index in [1.54, 1.807) is 7.11 Å². The molecular formula is C15H16ClNO. The largest absolute Gasteiger partial charge is 0.497 e. The van der Waals surface area contributed by atoms with Crippen LogP contribution in [0.4, 0.5) is 5.69 Å². The third kappa shape index (κ3) is 3.17. The lowest BCUT2D eigenvalue weighted by atomic mass is 10.1. The van der Waals surface area contributed by atoms with Crippen molar-refractivity contribution in [2.45, 2.75) is 13.5 Å². The maximum atomic E-state index is 6.13. The van der Waals surface area contributed by atoms with E-state index in [0.717, 1.165) is 18.0 Å². The monoisotopic (exact) mass is 261 g/mol. The minimum Gasteiger partial charge on any atom is -0.497 e. The molecule has 0 amide bonds. The van der Waals surface area contributed by atoms with Gasteiger partial charge in [0.15, 0.2) is 0 Å². The second-order valence-corrected chi connectivity index (χ2v) is 4.60. The number of nitrogens with one attached hydrogen (secondary N) is 1. The van der Waals surface area contributed by atoms with Crippen LogP contribution in [0.15, 0.2) is 42.5 Å². The highest BCUT2D eigenvalue weighted by Gasteiger charge is 2.02. The van der Waals surface area contributed by atoms with Crippen molar-refractivity contribution in [2.75, 3.05) is 12.4 Å². The Morgan fingerprint density at radius 3 is 2.72 bits per heavy atom. The van der Waals surface area contributed by atoms with Crippen LogP contribution in [0, 0.1) is 6.92 Å². The van der Waals surface area contributed by atoms with Crippen LogP contribution in [0.5, 0.6) is 5.75 Å². The third-order valence-electron chi connectivity index (χ3n) is 2.74. The molecule has 0 aliphatic rings. The number of halogens is 1. The second-order valence-electron chi connectivity index (χ2n) is 4.19. The van der Waals surface area contributed by atoms with E-state index in [0.29, 0.717) is 5.02 Å². The molecular weight excluding hydrogens is 246 g/mol. The van der Waals surface area contributed by atoms with Gasteiger partial charge in [0.2, 0.25) is 0 Å². The smallest absolute Gasteiger partial charge is 0.121 e. The zero-order valence-corrected chi connectivity index (χ0v) is 11.3. The quantitative estimate of drug-likeness (QED) is 0.888. The molecule has 0 bridgehead atoms. The molecule has 0 atom stereocenters. The van der Waals surface area contributed by atoms with Gasteiger partial charge in [-0.15, -0.1) is 0 Å². The molecule has 0 saturated heterocycles. The maximum Gasteiger partial charge on any atom is 0.121 e. The molecule has 0 aromatic heterocycles. The summed E-state index contributed by atoms with van der Waals surface area (Å²) in [5.74, 6) is 0.797. The van der Waals surface area contributed by atoms with Crippen LogP contribution in [0.25, 0.3) is 0 Å². The lowest BCUT2D eigenvalue weighted by Gasteiger charge is -2.10. The van der Waals surface area contributed by atoms with Crippen molar-refractivity contribution in [1.29, 1.82) is 0 Å². The minimum absolute atomic E-state index is 0.698. The molecule has 0 radical (unpaired) electrons. The molecule has 18 heavy (non-hydrogen) atoms. The predicted octanol–water partition coefficient (Wildman–Crippen LogP) is 4.27. The average Bonchev–Trinajstić information content (AvgIpc) is 2.38. The number of hydrogen-bond acceptors (Lipinski definition) is 2. The van der Waals surface area contributed by atoms with Crippen molar-refractivity contribution >= 4 is 17.3 Å². The number of rotatable bonds is 4. The molecule has 3 heteroatoms. The Morgan fingerprint density at radius 2 is 2.00 bits per heavy atom. The van der Waals surface area contributed by atoms with Crippen molar-refractivity contribution in [3.05, 3.63) is 58.6 Å². The molecule has 0 aliphatic heterocycles. The van der Waals surface area contributed by atoms with Gasteiger partial charge >= 0.3 is 0 Å². The Morgan fingerprint density at radius 1 is 1.17 bits per heavy atom. The first-order chi connectivity index (χ1) is 8.69. The predicted molar refractivity (Wildman–Crippen MR) is 76.5 cm³/mol. The fourth-order valence-electron chi connectivity index (χ4n) is 1.79. The van der Waals surface area contributed by atoms with Crippen LogP contribution in [0.2, 0.25) is 5.02 Å². The van der Waals surface area contributed by atoms with Crippen LogP contribution < -0.4 is 10.1 Å².